The Kier molecular flexibility index (Phi) is 5.83. The largest absolute Gasteiger partial charge is 0.396 e. The van der Waals surface area contributed by atoms with Gasteiger partial charge in [-0.1, -0.05) is 13.3 Å². The van der Waals surface area contributed by atoms with Gasteiger partial charge in [0.15, 0.2) is 0 Å². The smallest absolute Gasteiger partial charge is 0.0445 e. The summed E-state index contributed by atoms with van der Waals surface area (Å²) in [7, 11) is 0. The van der Waals surface area contributed by atoms with E-state index in [9.17, 15) is 0 Å². The van der Waals surface area contributed by atoms with Crippen molar-refractivity contribution in [2.75, 3.05) is 25.6 Å². The first-order valence-corrected chi connectivity index (χ1v) is 6.22. The lowest BCUT2D eigenvalue weighted by atomic mass is 9.98. The molecule has 2 atom stereocenters. The number of likely N-dealkylation sites (tertiary alicyclic amines) is 1. The topological polar surface area (TPSA) is 23.5 Å². The number of rotatable bonds is 5. The van der Waals surface area contributed by atoms with Crippen LogP contribution in [-0.2, 0) is 0 Å². The van der Waals surface area contributed by atoms with Crippen molar-refractivity contribution in [1.82, 2.24) is 4.90 Å². The number of hydrogen-bond donors (Lipinski definition) is 1. The highest BCUT2D eigenvalue weighted by Crippen LogP contribution is 2.20. The molecule has 0 amide bonds. The fourth-order valence-electron chi connectivity index (χ4n) is 2.23. The molecule has 14 heavy (non-hydrogen) atoms. The van der Waals surface area contributed by atoms with E-state index in [0.717, 1.165) is 18.8 Å². The van der Waals surface area contributed by atoms with Gasteiger partial charge in [-0.2, -0.15) is 0 Å². The molecular formula is C11H22ClNO. The van der Waals surface area contributed by atoms with E-state index in [4.69, 9.17) is 16.7 Å². The van der Waals surface area contributed by atoms with Crippen molar-refractivity contribution in [3.63, 3.8) is 0 Å². The van der Waals surface area contributed by atoms with Crippen molar-refractivity contribution in [2.45, 2.75) is 38.6 Å². The molecule has 1 aliphatic rings. The molecule has 0 aromatic rings. The first-order valence-electron chi connectivity index (χ1n) is 5.68. The molecule has 0 saturated carbocycles. The minimum Gasteiger partial charge on any atom is -0.396 e. The van der Waals surface area contributed by atoms with Gasteiger partial charge in [0.2, 0.25) is 0 Å². The molecule has 1 saturated heterocycles. The third-order valence-corrected chi connectivity index (χ3v) is 3.55. The van der Waals surface area contributed by atoms with Crippen molar-refractivity contribution in [2.24, 2.45) is 5.92 Å². The standard InChI is InChI=1S/C11H22ClNO/c1-10(8-12)9-13-6-3-2-4-11(13)5-7-14/h10-11,14H,2-9H2,1H3. The maximum Gasteiger partial charge on any atom is 0.0445 e. The summed E-state index contributed by atoms with van der Waals surface area (Å²) in [4.78, 5) is 2.51. The third-order valence-electron chi connectivity index (χ3n) is 3.02. The summed E-state index contributed by atoms with van der Waals surface area (Å²) < 4.78 is 0. The predicted molar refractivity (Wildman–Crippen MR) is 60.8 cm³/mol. The Morgan fingerprint density at radius 2 is 2.29 bits per heavy atom. The number of aliphatic hydroxyl groups is 1. The molecule has 1 heterocycles. The zero-order valence-electron chi connectivity index (χ0n) is 9.08. The monoisotopic (exact) mass is 219 g/mol. The van der Waals surface area contributed by atoms with Crippen molar-refractivity contribution < 1.29 is 5.11 Å². The molecule has 1 aliphatic heterocycles. The lowest BCUT2D eigenvalue weighted by molar-refractivity contribution is 0.107. The van der Waals surface area contributed by atoms with Gasteiger partial charge in [-0.05, 0) is 31.7 Å². The van der Waals surface area contributed by atoms with Gasteiger partial charge in [0, 0.05) is 25.1 Å². The van der Waals surface area contributed by atoms with Crippen molar-refractivity contribution in [3.05, 3.63) is 0 Å². The lowest BCUT2D eigenvalue weighted by Gasteiger charge is -2.36. The molecule has 0 aromatic heterocycles. The molecular weight excluding hydrogens is 198 g/mol. The molecule has 1 fully saturated rings. The summed E-state index contributed by atoms with van der Waals surface area (Å²) in [5.74, 6) is 1.30. The van der Waals surface area contributed by atoms with Gasteiger partial charge in [-0.15, -0.1) is 11.6 Å². The molecule has 3 heteroatoms. The van der Waals surface area contributed by atoms with Crippen LogP contribution in [0, 0.1) is 5.92 Å². The predicted octanol–water partition coefficient (Wildman–Crippen LogP) is 2.10. The summed E-state index contributed by atoms with van der Waals surface area (Å²) in [5.41, 5.74) is 0. The van der Waals surface area contributed by atoms with Crippen molar-refractivity contribution >= 4 is 11.6 Å². The van der Waals surface area contributed by atoms with Crippen LogP contribution in [0.3, 0.4) is 0 Å². The third kappa shape index (κ3) is 3.76. The molecule has 0 spiro atoms. The Morgan fingerprint density at radius 1 is 1.50 bits per heavy atom. The number of nitrogens with zero attached hydrogens (tertiary/aromatic N) is 1. The normalized spacial score (nSPS) is 26.4. The van der Waals surface area contributed by atoms with Gasteiger partial charge in [0.05, 0.1) is 0 Å². The lowest BCUT2D eigenvalue weighted by Crippen LogP contribution is -2.42. The van der Waals surface area contributed by atoms with Crippen LogP contribution in [0.15, 0.2) is 0 Å². The van der Waals surface area contributed by atoms with Crippen LogP contribution in [0.25, 0.3) is 0 Å². The summed E-state index contributed by atoms with van der Waals surface area (Å²) in [6, 6.07) is 0.597. The average molecular weight is 220 g/mol. The highest BCUT2D eigenvalue weighted by Gasteiger charge is 2.22. The number of alkyl halides is 1. The zero-order chi connectivity index (χ0) is 10.4. The van der Waals surface area contributed by atoms with Crippen LogP contribution in [-0.4, -0.2) is 41.6 Å². The number of hydrogen-bond acceptors (Lipinski definition) is 2. The van der Waals surface area contributed by atoms with Gasteiger partial charge in [0.25, 0.3) is 0 Å². The second-order valence-corrected chi connectivity index (χ2v) is 4.72. The quantitative estimate of drug-likeness (QED) is 0.716. The molecule has 0 bridgehead atoms. The van der Waals surface area contributed by atoms with E-state index in [1.54, 1.807) is 0 Å². The minimum absolute atomic E-state index is 0.316. The van der Waals surface area contributed by atoms with E-state index >= 15 is 0 Å². The van der Waals surface area contributed by atoms with E-state index in [-0.39, 0.29) is 0 Å². The summed E-state index contributed by atoms with van der Waals surface area (Å²) in [6.45, 7) is 4.79. The van der Waals surface area contributed by atoms with Gasteiger partial charge >= 0.3 is 0 Å². The van der Waals surface area contributed by atoms with E-state index in [1.807, 2.05) is 0 Å². The fraction of sp³-hybridized carbons (Fsp3) is 1.00. The number of piperidine rings is 1. The van der Waals surface area contributed by atoms with E-state index in [1.165, 1.54) is 25.8 Å². The molecule has 84 valence electrons. The molecule has 0 aromatic carbocycles. The fourth-order valence-corrected chi connectivity index (χ4v) is 2.32. The highest BCUT2D eigenvalue weighted by molar-refractivity contribution is 6.18. The van der Waals surface area contributed by atoms with Crippen LogP contribution in [0.4, 0.5) is 0 Å². The minimum atomic E-state index is 0.316. The molecule has 2 unspecified atom stereocenters. The SMILES string of the molecule is CC(CCl)CN1CCCCC1CCO. The maximum absolute atomic E-state index is 8.97. The Balaban J connectivity index is 2.37. The van der Waals surface area contributed by atoms with E-state index in [2.05, 4.69) is 11.8 Å². The number of halogens is 1. The van der Waals surface area contributed by atoms with Crippen LogP contribution in [0.5, 0.6) is 0 Å². The maximum atomic E-state index is 8.97. The van der Waals surface area contributed by atoms with Gasteiger partial charge < -0.3 is 5.11 Å². The molecule has 0 aliphatic carbocycles. The Bertz CT molecular complexity index is 152. The van der Waals surface area contributed by atoms with Crippen LogP contribution < -0.4 is 0 Å². The Hall–Kier alpha value is 0.210. The zero-order valence-corrected chi connectivity index (χ0v) is 9.84. The van der Waals surface area contributed by atoms with E-state index in [0.29, 0.717) is 18.6 Å². The average Bonchev–Trinajstić information content (AvgIpc) is 2.21. The Labute approximate surface area is 92.2 Å². The van der Waals surface area contributed by atoms with Gasteiger partial charge in [-0.25, -0.2) is 0 Å². The summed E-state index contributed by atoms with van der Waals surface area (Å²) in [6.07, 6.45) is 4.79. The molecule has 1 rings (SSSR count). The number of aliphatic hydroxyl groups excluding tert-OH is 1. The summed E-state index contributed by atoms with van der Waals surface area (Å²) >= 11 is 5.82. The van der Waals surface area contributed by atoms with Crippen LogP contribution in [0.2, 0.25) is 0 Å². The highest BCUT2D eigenvalue weighted by atomic mass is 35.5. The van der Waals surface area contributed by atoms with Crippen LogP contribution in [0.1, 0.15) is 32.6 Å². The van der Waals surface area contributed by atoms with Gasteiger partial charge in [-0.3, -0.25) is 4.90 Å². The second-order valence-electron chi connectivity index (χ2n) is 4.42. The van der Waals surface area contributed by atoms with Crippen molar-refractivity contribution in [3.8, 4) is 0 Å². The van der Waals surface area contributed by atoms with Gasteiger partial charge in [0.1, 0.15) is 0 Å². The second kappa shape index (κ2) is 6.65. The van der Waals surface area contributed by atoms with Crippen LogP contribution >= 0.6 is 11.6 Å². The Morgan fingerprint density at radius 3 is 2.93 bits per heavy atom. The molecule has 0 radical (unpaired) electrons. The first kappa shape index (κ1) is 12.3. The summed E-state index contributed by atoms with van der Waals surface area (Å²) in [5, 5.41) is 8.97. The first-order chi connectivity index (χ1) is 6.77. The van der Waals surface area contributed by atoms with Crippen molar-refractivity contribution in [1.29, 1.82) is 0 Å². The molecule has 1 N–H and O–H groups in total. The molecule has 2 nitrogen and oxygen atoms in total. The van der Waals surface area contributed by atoms with E-state index < -0.39 is 0 Å².